The lowest BCUT2D eigenvalue weighted by atomic mass is 9.81. The lowest BCUT2D eigenvalue weighted by Gasteiger charge is -2.36. The molecule has 0 aliphatic carbocycles. The number of pyridine rings is 1. The molecule has 1 aliphatic heterocycles. The highest BCUT2D eigenvalue weighted by Gasteiger charge is 2.33. The minimum Gasteiger partial charge on any atom is -0.497 e. The molecule has 0 radical (unpaired) electrons. The number of hydrogen-bond donors (Lipinski definition) is 1. The van der Waals surface area contributed by atoms with E-state index in [0.29, 0.717) is 6.54 Å². The van der Waals surface area contributed by atoms with Crippen LogP contribution >= 0.6 is 36.6 Å². The Morgan fingerprint density at radius 2 is 2.06 bits per heavy atom. The molecule has 1 saturated heterocycles. The van der Waals surface area contributed by atoms with Gasteiger partial charge in [0.15, 0.2) is 0 Å². The van der Waals surface area contributed by atoms with Crippen molar-refractivity contribution in [2.45, 2.75) is 30.6 Å². The third-order valence-electron chi connectivity index (χ3n) is 6.69. The molecule has 4 rings (SSSR count). The molecule has 1 N–H and O–H groups in total. The maximum absolute atomic E-state index is 13.4. The number of aliphatic carboxylic acids is 1. The van der Waals surface area contributed by atoms with E-state index in [1.165, 1.54) is 11.6 Å². The highest BCUT2D eigenvalue weighted by Crippen LogP contribution is 2.30. The molecule has 1 aliphatic rings. The van der Waals surface area contributed by atoms with E-state index in [1.54, 1.807) is 31.0 Å². The molecule has 0 spiro atoms. The first-order valence-corrected chi connectivity index (χ1v) is 12.8. The van der Waals surface area contributed by atoms with Crippen molar-refractivity contribution >= 4 is 53.4 Å². The fourth-order valence-corrected chi connectivity index (χ4v) is 5.78. The molecule has 0 saturated carbocycles. The minimum absolute atomic E-state index is 0. The van der Waals surface area contributed by atoms with E-state index < -0.39 is 5.97 Å². The Morgan fingerprint density at radius 3 is 2.81 bits per heavy atom. The van der Waals surface area contributed by atoms with Crippen molar-refractivity contribution in [2.75, 3.05) is 32.5 Å². The van der Waals surface area contributed by atoms with Crippen molar-refractivity contribution in [1.29, 1.82) is 0 Å². The summed E-state index contributed by atoms with van der Waals surface area (Å²) in [5.41, 5.74) is 2.17. The van der Waals surface area contributed by atoms with Crippen molar-refractivity contribution in [1.82, 2.24) is 9.88 Å². The molecule has 9 heteroatoms. The monoisotopic (exact) mass is 554 g/mol. The molecule has 3 aromatic rings. The van der Waals surface area contributed by atoms with Gasteiger partial charge in [0.1, 0.15) is 11.6 Å². The number of aromatic nitrogens is 1. The van der Waals surface area contributed by atoms with Gasteiger partial charge in [-0.3, -0.25) is 9.78 Å². The van der Waals surface area contributed by atoms with Gasteiger partial charge in [-0.05, 0) is 86.2 Å². The highest BCUT2D eigenvalue weighted by molar-refractivity contribution is 7.99. The number of carboxylic acids is 1. The van der Waals surface area contributed by atoms with Crippen LogP contribution in [0.15, 0.2) is 59.6 Å². The number of rotatable bonds is 10. The smallest absolute Gasteiger partial charge is 0.308 e. The second-order valence-corrected chi connectivity index (χ2v) is 10.0. The summed E-state index contributed by atoms with van der Waals surface area (Å²) in [6.07, 6.45) is 5.47. The van der Waals surface area contributed by atoms with E-state index in [9.17, 15) is 14.3 Å². The van der Waals surface area contributed by atoms with Crippen LogP contribution in [0.5, 0.6) is 5.75 Å². The zero-order chi connectivity index (χ0) is 23.9. The zero-order valence-corrected chi connectivity index (χ0v) is 22.7. The standard InChI is InChI=1S/C27H31FN2O3S.2ClH/c1-33-22-8-9-26-24(17-22)19(10-12-29-26)4-2-5-20-11-13-30(18-25(20)27(31)32)14-15-34-23-7-3-6-21(28)16-23;;/h3,6-10,12,16-17,20,25H,2,4-5,11,13-15,18H2,1H3,(H,31,32);2*1H/t20-,25+;;/m1../s1. The Morgan fingerprint density at radius 1 is 1.22 bits per heavy atom. The normalized spacial score (nSPS) is 17.7. The summed E-state index contributed by atoms with van der Waals surface area (Å²) < 4.78 is 18.7. The van der Waals surface area contributed by atoms with Gasteiger partial charge >= 0.3 is 5.97 Å². The average molecular weight is 556 g/mol. The van der Waals surface area contributed by atoms with E-state index >= 15 is 0 Å². The lowest BCUT2D eigenvalue weighted by Crippen LogP contribution is -2.44. The Kier molecular flexibility index (Phi) is 12.3. The number of nitrogens with zero attached hydrogens (tertiary/aromatic N) is 2. The molecule has 1 fully saturated rings. The van der Waals surface area contributed by atoms with Crippen LogP contribution in [0.1, 0.15) is 24.8 Å². The van der Waals surface area contributed by atoms with Crippen LogP contribution in [0.4, 0.5) is 4.39 Å². The molecule has 1 aromatic heterocycles. The number of hydrogen-bond acceptors (Lipinski definition) is 5. The molecule has 0 unspecified atom stereocenters. The number of ether oxygens (including phenoxy) is 1. The summed E-state index contributed by atoms with van der Waals surface area (Å²) >= 11 is 1.61. The number of carbonyl (C=O) groups is 1. The first kappa shape index (κ1) is 30.2. The molecular weight excluding hydrogens is 522 g/mol. The summed E-state index contributed by atoms with van der Waals surface area (Å²) in [4.78, 5) is 19.6. The van der Waals surface area contributed by atoms with Gasteiger partial charge in [-0.15, -0.1) is 36.6 Å². The zero-order valence-electron chi connectivity index (χ0n) is 20.3. The molecule has 2 atom stereocenters. The van der Waals surface area contributed by atoms with Gasteiger partial charge in [-0.1, -0.05) is 6.07 Å². The number of benzene rings is 2. The van der Waals surface area contributed by atoms with E-state index in [4.69, 9.17) is 4.74 Å². The molecule has 36 heavy (non-hydrogen) atoms. The van der Waals surface area contributed by atoms with E-state index in [-0.39, 0.29) is 42.5 Å². The SMILES string of the molecule is COc1ccc2nccc(CCC[C@@H]3CCN(CCSc4cccc(F)c4)C[C@@H]3C(=O)O)c2c1.Cl.Cl. The summed E-state index contributed by atoms with van der Waals surface area (Å²) in [5, 5.41) is 11.0. The van der Waals surface area contributed by atoms with Gasteiger partial charge in [-0.25, -0.2) is 4.39 Å². The van der Waals surface area contributed by atoms with E-state index in [1.807, 2.05) is 30.5 Å². The summed E-state index contributed by atoms with van der Waals surface area (Å²) in [7, 11) is 1.66. The number of aryl methyl sites for hydroxylation is 1. The van der Waals surface area contributed by atoms with Crippen molar-refractivity contribution in [3.05, 3.63) is 66.1 Å². The third-order valence-corrected chi connectivity index (χ3v) is 7.66. The highest BCUT2D eigenvalue weighted by atomic mass is 35.5. The number of piperidine rings is 1. The molecule has 0 bridgehead atoms. The topological polar surface area (TPSA) is 62.7 Å². The summed E-state index contributed by atoms with van der Waals surface area (Å²) in [6.45, 7) is 2.30. The van der Waals surface area contributed by atoms with Crippen molar-refractivity contribution in [3.63, 3.8) is 0 Å². The largest absolute Gasteiger partial charge is 0.497 e. The lowest BCUT2D eigenvalue weighted by molar-refractivity contribution is -0.146. The molecular formula is C27H33Cl2FN2O3S. The van der Waals surface area contributed by atoms with Gasteiger partial charge in [-0.2, -0.15) is 0 Å². The molecule has 0 amide bonds. The average Bonchev–Trinajstić information content (AvgIpc) is 2.84. The minimum atomic E-state index is -0.702. The first-order valence-electron chi connectivity index (χ1n) is 11.8. The van der Waals surface area contributed by atoms with Crippen LogP contribution in [-0.2, 0) is 11.2 Å². The summed E-state index contributed by atoms with van der Waals surface area (Å²) in [6, 6.07) is 14.6. The number of methoxy groups -OCH3 is 1. The number of thioether (sulfide) groups is 1. The second kappa shape index (κ2) is 14.6. The Balaban J connectivity index is 0.00000228. The molecule has 5 nitrogen and oxygen atoms in total. The maximum atomic E-state index is 13.4. The molecule has 2 aromatic carbocycles. The van der Waals surface area contributed by atoms with Crippen LogP contribution < -0.4 is 4.74 Å². The van der Waals surface area contributed by atoms with Crippen LogP contribution in [-0.4, -0.2) is 53.5 Å². The Bertz CT molecular complexity index is 1140. The maximum Gasteiger partial charge on any atom is 0.308 e. The third kappa shape index (κ3) is 7.97. The fourth-order valence-electron chi connectivity index (χ4n) is 4.83. The fraction of sp³-hybridized carbons (Fsp3) is 0.407. The number of likely N-dealkylation sites (tertiary alicyclic amines) is 1. The predicted octanol–water partition coefficient (Wildman–Crippen LogP) is 6.36. The van der Waals surface area contributed by atoms with Gasteiger partial charge < -0.3 is 14.7 Å². The number of carboxylic acid groups (broad SMARTS) is 1. The van der Waals surface area contributed by atoms with Crippen molar-refractivity contribution in [3.8, 4) is 5.75 Å². The van der Waals surface area contributed by atoms with Crippen LogP contribution in [0.25, 0.3) is 10.9 Å². The van der Waals surface area contributed by atoms with Gasteiger partial charge in [0.05, 0.1) is 18.5 Å². The van der Waals surface area contributed by atoms with Gasteiger partial charge in [0.2, 0.25) is 0 Å². The van der Waals surface area contributed by atoms with Crippen molar-refractivity contribution in [2.24, 2.45) is 11.8 Å². The summed E-state index contributed by atoms with van der Waals surface area (Å²) in [5.74, 6) is 0.547. The first-order chi connectivity index (χ1) is 16.5. The molecule has 196 valence electrons. The Labute approximate surface area is 228 Å². The van der Waals surface area contributed by atoms with Crippen LogP contribution in [0.2, 0.25) is 0 Å². The van der Waals surface area contributed by atoms with E-state index in [2.05, 4.69) is 16.0 Å². The number of fused-ring (bicyclic) bond motifs is 1. The molecule has 2 heterocycles. The number of halogens is 3. The second-order valence-electron chi connectivity index (χ2n) is 8.85. The van der Waals surface area contributed by atoms with Gasteiger partial charge in [0, 0.05) is 35.3 Å². The van der Waals surface area contributed by atoms with E-state index in [0.717, 1.165) is 66.1 Å². The van der Waals surface area contributed by atoms with Crippen LogP contribution in [0.3, 0.4) is 0 Å². The van der Waals surface area contributed by atoms with Crippen LogP contribution in [0, 0.1) is 17.7 Å². The predicted molar refractivity (Wildman–Crippen MR) is 149 cm³/mol. The Hall–Kier alpha value is -2.06. The van der Waals surface area contributed by atoms with Crippen molar-refractivity contribution < 1.29 is 19.0 Å². The quantitative estimate of drug-likeness (QED) is 0.294. The van der Waals surface area contributed by atoms with Gasteiger partial charge in [0.25, 0.3) is 0 Å².